The molecule has 1 aromatic heterocycles. The zero-order chi connectivity index (χ0) is 22.2. The van der Waals surface area contributed by atoms with E-state index in [0.29, 0.717) is 12.0 Å². The van der Waals surface area contributed by atoms with E-state index in [1.165, 1.54) is 0 Å². The molecule has 0 aliphatic heterocycles. The molecule has 5 rings (SSSR count). The summed E-state index contributed by atoms with van der Waals surface area (Å²) in [6.45, 7) is 0. The number of hydrogen-bond acceptors (Lipinski definition) is 6. The highest BCUT2D eigenvalue weighted by Gasteiger charge is 2.48. The van der Waals surface area contributed by atoms with Gasteiger partial charge in [-0.2, -0.15) is 0 Å². The third kappa shape index (κ3) is 3.94. The lowest BCUT2D eigenvalue weighted by molar-refractivity contribution is -0.138. The molecule has 0 amide bonds. The number of aromatic nitrogens is 1. The van der Waals surface area contributed by atoms with E-state index in [-0.39, 0.29) is 11.7 Å². The van der Waals surface area contributed by atoms with Crippen molar-refractivity contribution in [3.05, 3.63) is 72.3 Å². The van der Waals surface area contributed by atoms with Crippen LogP contribution in [0.25, 0.3) is 21.3 Å². The Hall–Kier alpha value is -3.71. The largest absolute Gasteiger partial charge is 0.497 e. The first-order valence-corrected chi connectivity index (χ1v) is 11.0. The zero-order valence-corrected chi connectivity index (χ0v) is 18.1. The van der Waals surface area contributed by atoms with Gasteiger partial charge in [0.1, 0.15) is 5.75 Å². The summed E-state index contributed by atoms with van der Waals surface area (Å²) in [5.74, 6) is -1.08. The van der Waals surface area contributed by atoms with E-state index < -0.39 is 11.9 Å². The number of anilines is 2. The lowest BCUT2D eigenvalue weighted by atomic mass is 10.0. The predicted molar refractivity (Wildman–Crippen MR) is 125 cm³/mol. The number of benzene rings is 3. The van der Waals surface area contributed by atoms with E-state index in [0.717, 1.165) is 37.9 Å². The summed E-state index contributed by atoms with van der Waals surface area (Å²) in [7, 11) is 1.65. The molecule has 4 aromatic rings. The van der Waals surface area contributed by atoms with E-state index in [1.54, 1.807) is 30.6 Å². The molecule has 2 N–H and O–H groups in total. The van der Waals surface area contributed by atoms with Crippen molar-refractivity contribution in [1.29, 1.82) is 0 Å². The number of carboxylic acid groups (broad SMARTS) is 1. The number of carboxylic acids is 1. The fourth-order valence-electron chi connectivity index (χ4n) is 3.75. The molecular weight excluding hydrogens is 424 g/mol. The maximum absolute atomic E-state index is 12.4. The molecule has 1 aliphatic carbocycles. The number of carbonyl (C=O) groups excluding carboxylic acids is 1. The number of rotatable bonds is 7. The van der Waals surface area contributed by atoms with E-state index >= 15 is 0 Å². The van der Waals surface area contributed by atoms with Crippen molar-refractivity contribution in [3.63, 3.8) is 0 Å². The molecule has 160 valence electrons. The minimum absolute atomic E-state index is 0.0862. The number of ether oxygens (including phenoxy) is 1. The van der Waals surface area contributed by atoms with Gasteiger partial charge in [0.2, 0.25) is 0 Å². The van der Waals surface area contributed by atoms with Crippen LogP contribution in [-0.2, 0) is 4.79 Å². The highest BCUT2D eigenvalue weighted by Crippen LogP contribution is 2.41. The van der Waals surface area contributed by atoms with Crippen molar-refractivity contribution in [2.75, 3.05) is 12.4 Å². The third-order valence-corrected chi connectivity index (χ3v) is 6.61. The van der Waals surface area contributed by atoms with Crippen LogP contribution in [0.4, 0.5) is 10.8 Å². The van der Waals surface area contributed by atoms with Crippen LogP contribution >= 0.6 is 11.3 Å². The number of hydrogen-bond donors (Lipinski definition) is 2. The van der Waals surface area contributed by atoms with Gasteiger partial charge in [0.15, 0.2) is 10.9 Å². The molecule has 0 unspecified atom stereocenters. The van der Waals surface area contributed by atoms with Crippen molar-refractivity contribution in [3.8, 4) is 16.9 Å². The number of aliphatic carboxylic acids is 1. The van der Waals surface area contributed by atoms with Crippen LogP contribution in [0.2, 0.25) is 0 Å². The van der Waals surface area contributed by atoms with Crippen LogP contribution in [0, 0.1) is 11.8 Å². The number of nitrogens with one attached hydrogen (secondary N) is 1. The molecule has 0 saturated heterocycles. The van der Waals surface area contributed by atoms with Gasteiger partial charge in [-0.05, 0) is 47.9 Å². The highest BCUT2D eigenvalue weighted by atomic mass is 32.1. The van der Waals surface area contributed by atoms with Crippen LogP contribution in [0.1, 0.15) is 16.8 Å². The Kier molecular flexibility index (Phi) is 5.11. The van der Waals surface area contributed by atoms with Gasteiger partial charge in [0, 0.05) is 17.2 Å². The first-order valence-electron chi connectivity index (χ1n) is 10.2. The molecule has 0 spiro atoms. The zero-order valence-electron chi connectivity index (χ0n) is 17.2. The average Bonchev–Trinajstić information content (AvgIpc) is 3.53. The number of methoxy groups -OCH3 is 1. The second kappa shape index (κ2) is 8.09. The van der Waals surface area contributed by atoms with Crippen molar-refractivity contribution in [1.82, 2.24) is 4.98 Å². The Morgan fingerprint density at radius 2 is 1.69 bits per heavy atom. The Balaban J connectivity index is 1.27. The summed E-state index contributed by atoms with van der Waals surface area (Å²) < 4.78 is 6.33. The fourth-order valence-corrected chi connectivity index (χ4v) is 4.67. The minimum Gasteiger partial charge on any atom is -0.497 e. The summed E-state index contributed by atoms with van der Waals surface area (Å²) >= 11 is 1.56. The van der Waals surface area contributed by atoms with Crippen molar-refractivity contribution < 1.29 is 19.4 Å². The SMILES string of the molecule is COc1ccc2nc(Nc3ccc(-c4ccc(C(=O)[C@@H]5C[C@H]5C(=O)O)cc4)cc3)sc2c1. The van der Waals surface area contributed by atoms with Gasteiger partial charge in [-0.1, -0.05) is 47.7 Å². The quantitative estimate of drug-likeness (QED) is 0.360. The van der Waals surface area contributed by atoms with Crippen LogP contribution in [0.15, 0.2) is 66.7 Å². The number of carbonyl (C=O) groups is 2. The average molecular weight is 445 g/mol. The van der Waals surface area contributed by atoms with Crippen molar-refractivity contribution in [2.24, 2.45) is 11.8 Å². The van der Waals surface area contributed by atoms with Gasteiger partial charge in [-0.15, -0.1) is 0 Å². The van der Waals surface area contributed by atoms with E-state index in [4.69, 9.17) is 9.84 Å². The van der Waals surface area contributed by atoms with Gasteiger partial charge in [0.25, 0.3) is 0 Å². The number of thiazole rings is 1. The Bertz CT molecular complexity index is 1310. The summed E-state index contributed by atoms with van der Waals surface area (Å²) in [4.78, 5) is 28.0. The smallest absolute Gasteiger partial charge is 0.307 e. The second-order valence-corrected chi connectivity index (χ2v) is 8.81. The normalized spacial score (nSPS) is 17.2. The van der Waals surface area contributed by atoms with Crippen LogP contribution in [0.5, 0.6) is 5.75 Å². The van der Waals surface area contributed by atoms with E-state index in [9.17, 15) is 9.59 Å². The molecule has 1 saturated carbocycles. The maximum Gasteiger partial charge on any atom is 0.307 e. The fraction of sp³-hybridized carbons (Fsp3) is 0.160. The molecule has 0 bridgehead atoms. The molecule has 1 fully saturated rings. The van der Waals surface area contributed by atoms with Crippen molar-refractivity contribution >= 4 is 44.1 Å². The lowest BCUT2D eigenvalue weighted by Crippen LogP contribution is -2.08. The number of fused-ring (bicyclic) bond motifs is 1. The molecule has 0 radical (unpaired) electrons. The molecule has 1 heterocycles. The topological polar surface area (TPSA) is 88.5 Å². The van der Waals surface area contributed by atoms with Gasteiger partial charge in [-0.3, -0.25) is 9.59 Å². The Labute approximate surface area is 188 Å². The van der Waals surface area contributed by atoms with Gasteiger partial charge >= 0.3 is 5.97 Å². The van der Waals surface area contributed by atoms with Gasteiger partial charge in [0.05, 0.1) is 23.2 Å². The summed E-state index contributed by atoms with van der Waals surface area (Å²) in [5, 5.41) is 13.2. The second-order valence-electron chi connectivity index (χ2n) is 7.78. The molecule has 6 nitrogen and oxygen atoms in total. The third-order valence-electron chi connectivity index (χ3n) is 5.68. The minimum atomic E-state index is -0.890. The first-order chi connectivity index (χ1) is 15.5. The van der Waals surface area contributed by atoms with E-state index in [2.05, 4.69) is 10.3 Å². The Morgan fingerprint density at radius 1 is 1.00 bits per heavy atom. The molecular formula is C25H20N2O4S. The highest BCUT2D eigenvalue weighted by molar-refractivity contribution is 7.22. The number of ketones is 1. The molecule has 7 heteroatoms. The Morgan fingerprint density at radius 3 is 2.31 bits per heavy atom. The first kappa shape index (κ1) is 20.2. The van der Waals surface area contributed by atoms with E-state index in [1.807, 2.05) is 54.6 Å². The van der Waals surface area contributed by atoms with Crippen LogP contribution < -0.4 is 10.1 Å². The van der Waals surface area contributed by atoms with Gasteiger partial charge in [-0.25, -0.2) is 4.98 Å². The van der Waals surface area contributed by atoms with Crippen molar-refractivity contribution in [2.45, 2.75) is 6.42 Å². The summed E-state index contributed by atoms with van der Waals surface area (Å²) in [6.07, 6.45) is 0.437. The summed E-state index contributed by atoms with van der Waals surface area (Å²) in [6, 6.07) is 21.2. The number of nitrogens with zero attached hydrogens (tertiary/aromatic N) is 1. The van der Waals surface area contributed by atoms with Crippen LogP contribution in [-0.4, -0.2) is 29.0 Å². The van der Waals surface area contributed by atoms with Crippen LogP contribution in [0.3, 0.4) is 0 Å². The molecule has 1 aliphatic rings. The number of Topliss-reactive ketones (excluding diaryl/α,β-unsaturated/α-hetero) is 1. The standard InChI is InChI=1S/C25H20N2O4S/c1-31-18-10-11-21-22(12-18)32-25(27-21)26-17-8-6-15(7-9-17)14-2-4-16(5-3-14)23(28)19-13-20(19)24(29)30/h2-12,19-20H,13H2,1H3,(H,26,27)(H,29,30)/t19-,20-/m1/s1. The monoisotopic (exact) mass is 444 g/mol. The summed E-state index contributed by atoms with van der Waals surface area (Å²) in [5.41, 5.74) is 4.43. The molecule has 2 atom stereocenters. The molecule has 3 aromatic carbocycles. The predicted octanol–water partition coefficient (Wildman–Crippen LogP) is 5.62. The lowest BCUT2D eigenvalue weighted by Gasteiger charge is -2.06. The van der Waals surface area contributed by atoms with Gasteiger partial charge < -0.3 is 15.2 Å². The maximum atomic E-state index is 12.4. The molecule has 32 heavy (non-hydrogen) atoms.